The van der Waals surface area contributed by atoms with E-state index in [1.807, 2.05) is 0 Å². The van der Waals surface area contributed by atoms with Crippen molar-refractivity contribution in [1.29, 1.82) is 0 Å². The van der Waals surface area contributed by atoms with Crippen molar-refractivity contribution in [3.05, 3.63) is 12.0 Å². The first kappa shape index (κ1) is 7.59. The monoisotopic (exact) mass is 155 g/mol. The van der Waals surface area contributed by atoms with Gasteiger partial charge in [-0.15, -0.1) is 0 Å². The molecule has 1 aromatic rings. The summed E-state index contributed by atoms with van der Waals surface area (Å²) in [5.41, 5.74) is 0.0509. The summed E-state index contributed by atoms with van der Waals surface area (Å²) >= 11 is 0. The molecule has 5 nitrogen and oxygen atoms in total. The number of aromatic hydroxyl groups is 1. The number of nitrogens with zero attached hydrogens (tertiary/aromatic N) is 2. The highest BCUT2D eigenvalue weighted by Crippen LogP contribution is 2.12. The zero-order valence-electron chi connectivity index (χ0n) is 6.33. The van der Waals surface area contributed by atoms with Crippen LogP contribution >= 0.6 is 0 Å². The van der Waals surface area contributed by atoms with Crippen molar-refractivity contribution in [3.63, 3.8) is 0 Å². The van der Waals surface area contributed by atoms with Gasteiger partial charge in [0.1, 0.15) is 0 Å². The van der Waals surface area contributed by atoms with Crippen molar-refractivity contribution in [3.8, 4) is 5.88 Å². The average molecular weight is 155 g/mol. The molecule has 0 spiro atoms. The molecule has 1 aromatic heterocycles. The first-order chi connectivity index (χ1) is 5.16. The molecule has 0 saturated heterocycles. The fourth-order valence-corrected chi connectivity index (χ4v) is 0.702. The summed E-state index contributed by atoms with van der Waals surface area (Å²) in [5, 5.41) is 11.5. The minimum Gasteiger partial charge on any atom is -0.493 e. The van der Waals surface area contributed by atoms with E-state index in [2.05, 4.69) is 10.3 Å². The molecule has 0 saturated carbocycles. The van der Waals surface area contributed by atoms with Crippen molar-refractivity contribution in [2.45, 2.75) is 0 Å². The van der Waals surface area contributed by atoms with Crippen molar-refractivity contribution < 1.29 is 9.90 Å². The summed E-state index contributed by atoms with van der Waals surface area (Å²) in [7, 11) is 3.09. The third kappa shape index (κ3) is 1.17. The van der Waals surface area contributed by atoms with Crippen molar-refractivity contribution in [1.82, 2.24) is 14.9 Å². The molecular formula is C6H9N3O2. The van der Waals surface area contributed by atoms with Crippen LogP contribution < -0.4 is 5.32 Å². The van der Waals surface area contributed by atoms with E-state index in [9.17, 15) is 9.90 Å². The number of amides is 1. The minimum absolute atomic E-state index is 0.0509. The van der Waals surface area contributed by atoms with E-state index in [1.165, 1.54) is 17.9 Å². The van der Waals surface area contributed by atoms with E-state index in [1.54, 1.807) is 7.05 Å². The molecule has 0 fully saturated rings. The number of rotatable bonds is 1. The summed E-state index contributed by atoms with van der Waals surface area (Å²) in [6.45, 7) is 0. The van der Waals surface area contributed by atoms with Gasteiger partial charge in [0.05, 0.1) is 6.33 Å². The summed E-state index contributed by atoms with van der Waals surface area (Å²) in [6, 6.07) is 0. The number of carbonyl (C=O) groups excluding carboxylic acids is 1. The van der Waals surface area contributed by atoms with Gasteiger partial charge in [0.15, 0.2) is 5.69 Å². The average Bonchev–Trinajstić information content (AvgIpc) is 2.32. The standard InChI is InChI=1S/C6H9N3O2/c1-7-5(10)4-6(11)9(2)3-8-4/h3,11H,1-2H3,(H,7,10). The molecule has 0 radical (unpaired) electrons. The Morgan fingerprint density at radius 2 is 2.45 bits per heavy atom. The van der Waals surface area contributed by atoms with Gasteiger partial charge in [-0.2, -0.15) is 0 Å². The first-order valence-electron chi connectivity index (χ1n) is 3.09. The number of carbonyl (C=O) groups is 1. The number of aryl methyl sites for hydroxylation is 1. The van der Waals surface area contributed by atoms with Crippen LogP contribution in [0.3, 0.4) is 0 Å². The van der Waals surface area contributed by atoms with Gasteiger partial charge in [0, 0.05) is 14.1 Å². The van der Waals surface area contributed by atoms with Crippen LogP contribution in [0, 0.1) is 0 Å². The van der Waals surface area contributed by atoms with Gasteiger partial charge in [-0.1, -0.05) is 0 Å². The highest BCUT2D eigenvalue weighted by molar-refractivity contribution is 5.94. The maximum absolute atomic E-state index is 10.9. The number of hydrogen-bond donors (Lipinski definition) is 2. The molecule has 5 heteroatoms. The van der Waals surface area contributed by atoms with Gasteiger partial charge in [-0.3, -0.25) is 4.79 Å². The van der Waals surface area contributed by atoms with Crippen LogP contribution in [-0.4, -0.2) is 27.6 Å². The second kappa shape index (κ2) is 2.61. The first-order valence-corrected chi connectivity index (χ1v) is 3.09. The predicted molar refractivity (Wildman–Crippen MR) is 38.3 cm³/mol. The van der Waals surface area contributed by atoms with Crippen LogP contribution in [0.25, 0.3) is 0 Å². The Bertz CT molecular complexity index is 279. The van der Waals surface area contributed by atoms with Crippen LogP contribution in [0.4, 0.5) is 0 Å². The second-order valence-electron chi connectivity index (χ2n) is 2.11. The zero-order valence-corrected chi connectivity index (χ0v) is 6.33. The molecule has 1 rings (SSSR count). The largest absolute Gasteiger partial charge is 0.493 e. The van der Waals surface area contributed by atoms with Crippen molar-refractivity contribution >= 4 is 5.91 Å². The Kier molecular flexibility index (Phi) is 1.80. The molecule has 11 heavy (non-hydrogen) atoms. The lowest BCUT2D eigenvalue weighted by atomic mass is 10.4. The Labute approximate surface area is 63.7 Å². The van der Waals surface area contributed by atoms with Crippen LogP contribution in [0.5, 0.6) is 5.88 Å². The zero-order chi connectivity index (χ0) is 8.43. The molecule has 0 aromatic carbocycles. The number of nitrogens with one attached hydrogen (secondary N) is 1. The van der Waals surface area contributed by atoms with Crippen molar-refractivity contribution in [2.75, 3.05) is 7.05 Å². The smallest absolute Gasteiger partial charge is 0.275 e. The van der Waals surface area contributed by atoms with E-state index in [4.69, 9.17) is 0 Å². The van der Waals surface area contributed by atoms with Gasteiger partial charge in [0.2, 0.25) is 5.88 Å². The summed E-state index contributed by atoms with van der Waals surface area (Å²) < 4.78 is 1.37. The Morgan fingerprint density at radius 1 is 1.82 bits per heavy atom. The topological polar surface area (TPSA) is 67.2 Å². The maximum atomic E-state index is 10.9. The SMILES string of the molecule is CNC(=O)c1ncn(C)c1O. The third-order valence-corrected chi connectivity index (χ3v) is 1.35. The van der Waals surface area contributed by atoms with Gasteiger partial charge in [0.25, 0.3) is 5.91 Å². The van der Waals surface area contributed by atoms with Crippen LogP contribution in [-0.2, 0) is 7.05 Å². The molecule has 1 heterocycles. The molecule has 0 unspecified atom stereocenters. The summed E-state index contributed by atoms with van der Waals surface area (Å²) in [4.78, 5) is 14.6. The predicted octanol–water partition coefficient (Wildman–Crippen LogP) is -0.515. The molecule has 0 aliphatic rings. The van der Waals surface area contributed by atoms with Gasteiger partial charge >= 0.3 is 0 Å². The number of hydrogen-bond acceptors (Lipinski definition) is 3. The molecular weight excluding hydrogens is 146 g/mol. The van der Waals surface area contributed by atoms with Crippen LogP contribution in [0.2, 0.25) is 0 Å². The van der Waals surface area contributed by atoms with E-state index in [0.29, 0.717) is 0 Å². The third-order valence-electron chi connectivity index (χ3n) is 1.35. The maximum Gasteiger partial charge on any atom is 0.275 e. The van der Waals surface area contributed by atoms with Crippen molar-refractivity contribution in [2.24, 2.45) is 7.05 Å². The lowest BCUT2D eigenvalue weighted by Crippen LogP contribution is -2.18. The van der Waals surface area contributed by atoms with E-state index in [-0.39, 0.29) is 17.5 Å². The van der Waals surface area contributed by atoms with E-state index in [0.717, 1.165) is 0 Å². The molecule has 0 aliphatic carbocycles. The Balaban J connectivity index is 3.04. The van der Waals surface area contributed by atoms with Gasteiger partial charge in [-0.05, 0) is 0 Å². The number of imidazole rings is 1. The minimum atomic E-state index is -0.386. The van der Waals surface area contributed by atoms with Gasteiger partial charge in [-0.25, -0.2) is 4.98 Å². The molecule has 60 valence electrons. The Morgan fingerprint density at radius 3 is 2.82 bits per heavy atom. The van der Waals surface area contributed by atoms with Gasteiger partial charge < -0.3 is 15.0 Å². The van der Waals surface area contributed by atoms with E-state index >= 15 is 0 Å². The van der Waals surface area contributed by atoms with E-state index < -0.39 is 0 Å². The lowest BCUT2D eigenvalue weighted by Gasteiger charge is -1.95. The molecule has 1 amide bonds. The highest BCUT2D eigenvalue weighted by atomic mass is 16.3. The lowest BCUT2D eigenvalue weighted by molar-refractivity contribution is 0.0955. The Hall–Kier alpha value is -1.52. The van der Waals surface area contributed by atoms with Crippen LogP contribution in [0.1, 0.15) is 10.5 Å². The quantitative estimate of drug-likeness (QED) is 0.573. The molecule has 0 atom stereocenters. The molecule has 2 N–H and O–H groups in total. The summed E-state index contributed by atoms with van der Waals surface area (Å²) in [6.07, 6.45) is 1.37. The molecule has 0 bridgehead atoms. The normalized spacial score (nSPS) is 9.64. The highest BCUT2D eigenvalue weighted by Gasteiger charge is 2.13. The van der Waals surface area contributed by atoms with Crippen LogP contribution in [0.15, 0.2) is 6.33 Å². The fraction of sp³-hybridized carbons (Fsp3) is 0.333. The molecule has 0 aliphatic heterocycles. The summed E-state index contributed by atoms with van der Waals surface area (Å²) in [5.74, 6) is -0.507. The second-order valence-corrected chi connectivity index (χ2v) is 2.11. The number of aromatic nitrogens is 2. The fourth-order valence-electron chi connectivity index (χ4n) is 0.702.